The molecule has 0 unspecified atom stereocenters. The topological polar surface area (TPSA) is 46.4 Å². The van der Waals surface area contributed by atoms with Gasteiger partial charge in [0.2, 0.25) is 0 Å². The highest BCUT2D eigenvalue weighted by Gasteiger charge is 2.12. The number of hydrogen-bond donors (Lipinski definition) is 1. The molecule has 0 aliphatic carbocycles. The highest BCUT2D eigenvalue weighted by Crippen LogP contribution is 2.16. The number of para-hydroxylation sites is 1. The van der Waals surface area contributed by atoms with Crippen molar-refractivity contribution in [1.82, 2.24) is 9.61 Å². The molecule has 0 spiro atoms. The maximum Gasteiger partial charge on any atom is 0.276 e. The largest absolute Gasteiger partial charge is 0.320 e. The lowest BCUT2D eigenvalue weighted by Crippen LogP contribution is -2.13. The second-order valence-corrected chi connectivity index (χ2v) is 4.56. The molecule has 4 heteroatoms. The van der Waals surface area contributed by atoms with Gasteiger partial charge in [-0.25, -0.2) is 4.52 Å². The summed E-state index contributed by atoms with van der Waals surface area (Å²) in [4.78, 5) is 12.3. The van der Waals surface area contributed by atoms with Crippen molar-refractivity contribution in [2.45, 2.75) is 13.3 Å². The van der Waals surface area contributed by atoms with Crippen LogP contribution in [0.5, 0.6) is 0 Å². The van der Waals surface area contributed by atoms with E-state index in [0.29, 0.717) is 5.69 Å². The lowest BCUT2D eigenvalue weighted by atomic mass is 10.1. The van der Waals surface area contributed by atoms with E-state index in [1.807, 2.05) is 48.7 Å². The van der Waals surface area contributed by atoms with Crippen LogP contribution in [0.15, 0.2) is 54.7 Å². The number of fused-ring (bicyclic) bond motifs is 1. The first-order valence-corrected chi connectivity index (χ1v) is 6.61. The van der Waals surface area contributed by atoms with E-state index in [2.05, 4.69) is 17.3 Å². The minimum absolute atomic E-state index is 0.186. The van der Waals surface area contributed by atoms with Crippen LogP contribution in [0.2, 0.25) is 0 Å². The standard InChI is InChI=1S/C16H15N3O/c1-2-12-7-3-4-9-14(12)17-16(20)15-11-13-8-5-6-10-19(13)18-15/h3-11H,2H2,1H3,(H,17,20). The van der Waals surface area contributed by atoms with E-state index in [1.165, 1.54) is 0 Å². The molecule has 0 bridgehead atoms. The van der Waals surface area contributed by atoms with Crippen LogP contribution in [-0.2, 0) is 6.42 Å². The smallest absolute Gasteiger partial charge is 0.276 e. The second kappa shape index (κ2) is 5.17. The number of nitrogens with zero attached hydrogens (tertiary/aromatic N) is 2. The first-order chi connectivity index (χ1) is 9.78. The van der Waals surface area contributed by atoms with Crippen molar-refractivity contribution in [1.29, 1.82) is 0 Å². The minimum Gasteiger partial charge on any atom is -0.320 e. The highest BCUT2D eigenvalue weighted by atomic mass is 16.1. The first-order valence-electron chi connectivity index (χ1n) is 6.61. The number of amides is 1. The predicted octanol–water partition coefficient (Wildman–Crippen LogP) is 3.15. The Kier molecular flexibility index (Phi) is 3.21. The zero-order valence-corrected chi connectivity index (χ0v) is 11.2. The molecule has 100 valence electrons. The summed E-state index contributed by atoms with van der Waals surface area (Å²) in [6.07, 6.45) is 2.70. The van der Waals surface area contributed by atoms with Gasteiger partial charge in [-0.1, -0.05) is 31.2 Å². The maximum absolute atomic E-state index is 12.3. The number of benzene rings is 1. The molecule has 0 aliphatic rings. The highest BCUT2D eigenvalue weighted by molar-refractivity contribution is 6.04. The van der Waals surface area contributed by atoms with Crippen molar-refractivity contribution >= 4 is 17.1 Å². The predicted molar refractivity (Wildman–Crippen MR) is 79.0 cm³/mol. The molecule has 1 amide bonds. The zero-order chi connectivity index (χ0) is 13.9. The molecular weight excluding hydrogens is 250 g/mol. The lowest BCUT2D eigenvalue weighted by Gasteiger charge is -2.07. The van der Waals surface area contributed by atoms with Gasteiger partial charge in [-0.2, -0.15) is 5.10 Å². The molecule has 2 aromatic heterocycles. The average molecular weight is 265 g/mol. The summed E-state index contributed by atoms with van der Waals surface area (Å²) in [5.74, 6) is -0.186. The third-order valence-corrected chi connectivity index (χ3v) is 3.25. The summed E-state index contributed by atoms with van der Waals surface area (Å²) in [7, 11) is 0. The van der Waals surface area contributed by atoms with Crippen LogP contribution in [0, 0.1) is 0 Å². The van der Waals surface area contributed by atoms with Gasteiger partial charge in [-0.15, -0.1) is 0 Å². The summed E-state index contributed by atoms with van der Waals surface area (Å²) < 4.78 is 1.70. The lowest BCUT2D eigenvalue weighted by molar-refractivity contribution is 0.102. The van der Waals surface area contributed by atoms with Crippen LogP contribution in [0.1, 0.15) is 23.0 Å². The Balaban J connectivity index is 1.89. The Labute approximate surface area is 117 Å². The van der Waals surface area contributed by atoms with Gasteiger partial charge in [0.15, 0.2) is 5.69 Å². The molecule has 0 saturated carbocycles. The number of carbonyl (C=O) groups excluding carboxylic acids is 1. The summed E-state index contributed by atoms with van der Waals surface area (Å²) in [5.41, 5.74) is 3.28. The number of carbonyl (C=O) groups is 1. The molecule has 0 aliphatic heterocycles. The van der Waals surface area contributed by atoms with Gasteiger partial charge >= 0.3 is 0 Å². The molecular formula is C16H15N3O. The van der Waals surface area contributed by atoms with E-state index in [1.54, 1.807) is 10.6 Å². The minimum atomic E-state index is -0.186. The van der Waals surface area contributed by atoms with Gasteiger partial charge in [0.1, 0.15) is 0 Å². The number of nitrogens with one attached hydrogen (secondary N) is 1. The van der Waals surface area contributed by atoms with E-state index in [-0.39, 0.29) is 5.91 Å². The van der Waals surface area contributed by atoms with Crippen molar-refractivity contribution in [3.05, 3.63) is 66.0 Å². The van der Waals surface area contributed by atoms with Crippen molar-refractivity contribution in [2.75, 3.05) is 5.32 Å². The molecule has 1 N–H and O–H groups in total. The van der Waals surface area contributed by atoms with Gasteiger partial charge in [0.05, 0.1) is 5.52 Å². The number of rotatable bonds is 3. The average Bonchev–Trinajstić information content (AvgIpc) is 2.92. The summed E-state index contributed by atoms with van der Waals surface area (Å²) in [6.45, 7) is 2.07. The van der Waals surface area contributed by atoms with Gasteiger partial charge in [0, 0.05) is 11.9 Å². The Morgan fingerprint density at radius 3 is 2.80 bits per heavy atom. The SMILES string of the molecule is CCc1ccccc1NC(=O)c1cc2ccccn2n1. The number of aryl methyl sites for hydroxylation is 1. The monoisotopic (exact) mass is 265 g/mol. The van der Waals surface area contributed by atoms with Gasteiger partial charge < -0.3 is 5.32 Å². The van der Waals surface area contributed by atoms with Crippen molar-refractivity contribution in [3.8, 4) is 0 Å². The van der Waals surface area contributed by atoms with E-state index >= 15 is 0 Å². The molecule has 0 atom stereocenters. The fourth-order valence-corrected chi connectivity index (χ4v) is 2.19. The Bertz CT molecular complexity index is 728. The number of pyridine rings is 1. The van der Waals surface area contributed by atoms with Crippen LogP contribution in [0.3, 0.4) is 0 Å². The van der Waals surface area contributed by atoms with Crippen LogP contribution in [0.4, 0.5) is 5.69 Å². The molecule has 3 aromatic rings. The molecule has 0 radical (unpaired) electrons. The Morgan fingerprint density at radius 1 is 1.20 bits per heavy atom. The maximum atomic E-state index is 12.3. The number of hydrogen-bond acceptors (Lipinski definition) is 2. The normalized spacial score (nSPS) is 10.7. The summed E-state index contributed by atoms with van der Waals surface area (Å²) >= 11 is 0. The van der Waals surface area contributed by atoms with Crippen LogP contribution < -0.4 is 5.32 Å². The number of aromatic nitrogens is 2. The molecule has 0 saturated heterocycles. The summed E-state index contributed by atoms with van der Waals surface area (Å²) in [6, 6.07) is 15.3. The Morgan fingerprint density at radius 2 is 2.00 bits per heavy atom. The van der Waals surface area contributed by atoms with Gasteiger partial charge in [-0.3, -0.25) is 4.79 Å². The fourth-order valence-electron chi connectivity index (χ4n) is 2.19. The second-order valence-electron chi connectivity index (χ2n) is 4.56. The van der Waals surface area contributed by atoms with E-state index < -0.39 is 0 Å². The zero-order valence-electron chi connectivity index (χ0n) is 11.2. The van der Waals surface area contributed by atoms with E-state index in [0.717, 1.165) is 23.2 Å². The van der Waals surface area contributed by atoms with E-state index in [4.69, 9.17) is 0 Å². The Hall–Kier alpha value is -2.62. The van der Waals surface area contributed by atoms with E-state index in [9.17, 15) is 4.79 Å². The molecule has 1 aromatic carbocycles. The van der Waals surface area contributed by atoms with Gasteiger partial charge in [-0.05, 0) is 36.2 Å². The molecule has 3 rings (SSSR count). The first kappa shape index (κ1) is 12.4. The number of anilines is 1. The molecule has 2 heterocycles. The van der Waals surface area contributed by atoms with Gasteiger partial charge in [0.25, 0.3) is 5.91 Å². The van der Waals surface area contributed by atoms with Crippen molar-refractivity contribution in [2.24, 2.45) is 0 Å². The van der Waals surface area contributed by atoms with Crippen LogP contribution >= 0.6 is 0 Å². The molecule has 20 heavy (non-hydrogen) atoms. The third-order valence-electron chi connectivity index (χ3n) is 3.25. The third kappa shape index (κ3) is 2.28. The van der Waals surface area contributed by atoms with Crippen LogP contribution in [-0.4, -0.2) is 15.5 Å². The fraction of sp³-hybridized carbons (Fsp3) is 0.125. The van der Waals surface area contributed by atoms with Crippen molar-refractivity contribution < 1.29 is 4.79 Å². The summed E-state index contributed by atoms with van der Waals surface area (Å²) in [5, 5.41) is 7.19. The quantitative estimate of drug-likeness (QED) is 0.790. The van der Waals surface area contributed by atoms with Crippen molar-refractivity contribution in [3.63, 3.8) is 0 Å². The van der Waals surface area contributed by atoms with Crippen LogP contribution in [0.25, 0.3) is 5.52 Å². The molecule has 0 fully saturated rings. The molecule has 4 nitrogen and oxygen atoms in total.